The number of rotatable bonds is 2. The van der Waals surface area contributed by atoms with Gasteiger partial charge >= 0.3 is 6.03 Å². The lowest BCUT2D eigenvalue weighted by Gasteiger charge is -2.45. The summed E-state index contributed by atoms with van der Waals surface area (Å²) in [6.45, 7) is 4.78. The van der Waals surface area contributed by atoms with E-state index in [-0.39, 0.29) is 24.0 Å². The molecule has 2 atom stereocenters. The molecule has 0 spiro atoms. The normalized spacial score (nSPS) is 25.4. The largest absolute Gasteiger partial charge is 0.390 e. The predicted octanol–water partition coefficient (Wildman–Crippen LogP) is 1.02. The molecule has 0 aromatic heterocycles. The summed E-state index contributed by atoms with van der Waals surface area (Å²) in [6.07, 6.45) is 0.784. The van der Waals surface area contributed by atoms with Crippen LogP contribution in [0.1, 0.15) is 31.0 Å². The second-order valence-electron chi connectivity index (χ2n) is 6.74. The summed E-state index contributed by atoms with van der Waals surface area (Å²) in [5.41, 5.74) is 7.84. The molecule has 0 unspecified atom stereocenters. The third-order valence-corrected chi connectivity index (χ3v) is 4.76. The van der Waals surface area contributed by atoms with Crippen molar-refractivity contribution < 1.29 is 9.90 Å². The van der Waals surface area contributed by atoms with Gasteiger partial charge in [0.05, 0.1) is 17.7 Å². The molecule has 0 bridgehead atoms. The zero-order valence-corrected chi connectivity index (χ0v) is 12.5. The summed E-state index contributed by atoms with van der Waals surface area (Å²) >= 11 is 0. The fourth-order valence-electron chi connectivity index (χ4n) is 3.11. The standard InChI is InChI=1S/C16H23N3O2/c1-16(2,21)11-8-19(9-11)15(20)18-13-7-10-5-3-4-6-12(10)14(13)17/h3-6,11,13-14,21H,7-9,17H2,1-2H3,(H,18,20)/t13-,14-/m1/s1. The number of hydrogen-bond donors (Lipinski definition) is 3. The summed E-state index contributed by atoms with van der Waals surface area (Å²) in [5.74, 6) is 0.151. The SMILES string of the molecule is CC(C)(O)C1CN(C(=O)N[C@@H]2Cc3ccccc3[C@H]2N)C1. The molecule has 1 heterocycles. The summed E-state index contributed by atoms with van der Waals surface area (Å²) in [7, 11) is 0. The lowest BCUT2D eigenvalue weighted by molar-refractivity contribution is -0.0460. The van der Waals surface area contributed by atoms with Gasteiger partial charge in [0, 0.05) is 19.0 Å². The molecule has 4 N–H and O–H groups in total. The molecule has 3 rings (SSSR count). The van der Waals surface area contributed by atoms with Gasteiger partial charge in [-0.2, -0.15) is 0 Å². The van der Waals surface area contributed by atoms with Crippen LogP contribution in [0.5, 0.6) is 0 Å². The van der Waals surface area contributed by atoms with Gasteiger partial charge in [-0.25, -0.2) is 4.79 Å². The molecule has 1 saturated heterocycles. The number of aliphatic hydroxyl groups is 1. The third kappa shape index (κ3) is 2.63. The van der Waals surface area contributed by atoms with Gasteiger partial charge < -0.3 is 21.1 Å². The van der Waals surface area contributed by atoms with E-state index in [1.807, 2.05) is 18.2 Å². The van der Waals surface area contributed by atoms with E-state index in [4.69, 9.17) is 5.73 Å². The molecule has 114 valence electrons. The van der Waals surface area contributed by atoms with Crippen LogP contribution in [0.15, 0.2) is 24.3 Å². The number of hydrogen-bond acceptors (Lipinski definition) is 3. The van der Waals surface area contributed by atoms with E-state index >= 15 is 0 Å². The predicted molar refractivity (Wildman–Crippen MR) is 80.8 cm³/mol. The van der Waals surface area contributed by atoms with E-state index in [0.717, 1.165) is 12.0 Å². The zero-order chi connectivity index (χ0) is 15.2. The molecule has 0 saturated carbocycles. The summed E-state index contributed by atoms with van der Waals surface area (Å²) in [6, 6.07) is 7.80. The molecule has 1 fully saturated rings. The van der Waals surface area contributed by atoms with Crippen LogP contribution >= 0.6 is 0 Å². The van der Waals surface area contributed by atoms with E-state index in [0.29, 0.717) is 13.1 Å². The minimum atomic E-state index is -0.725. The fraction of sp³-hybridized carbons (Fsp3) is 0.562. The lowest BCUT2D eigenvalue weighted by atomic mass is 9.85. The Morgan fingerprint density at radius 1 is 1.38 bits per heavy atom. The Kier molecular flexibility index (Phi) is 3.42. The molecule has 21 heavy (non-hydrogen) atoms. The first-order chi connectivity index (χ1) is 9.86. The number of carbonyl (C=O) groups excluding carboxylic acids is 1. The average molecular weight is 289 g/mol. The number of fused-ring (bicyclic) bond motifs is 1. The smallest absolute Gasteiger partial charge is 0.317 e. The van der Waals surface area contributed by atoms with Crippen LogP contribution in [0.25, 0.3) is 0 Å². The molecule has 1 aliphatic carbocycles. The number of nitrogens with two attached hydrogens (primary N) is 1. The number of nitrogens with zero attached hydrogens (tertiary/aromatic N) is 1. The molecule has 0 radical (unpaired) electrons. The first-order valence-corrected chi connectivity index (χ1v) is 7.47. The van der Waals surface area contributed by atoms with Crippen molar-refractivity contribution in [2.24, 2.45) is 11.7 Å². The van der Waals surface area contributed by atoms with Gasteiger partial charge in [-0.3, -0.25) is 0 Å². The van der Waals surface area contributed by atoms with Crippen molar-refractivity contribution in [2.45, 2.75) is 38.0 Å². The van der Waals surface area contributed by atoms with Crippen molar-refractivity contribution in [1.82, 2.24) is 10.2 Å². The summed E-state index contributed by atoms with van der Waals surface area (Å²) < 4.78 is 0. The first-order valence-electron chi connectivity index (χ1n) is 7.47. The molecule has 1 aromatic rings. The van der Waals surface area contributed by atoms with Crippen molar-refractivity contribution in [3.63, 3.8) is 0 Å². The molecule has 5 nitrogen and oxygen atoms in total. The highest BCUT2D eigenvalue weighted by Crippen LogP contribution is 2.30. The monoisotopic (exact) mass is 289 g/mol. The van der Waals surface area contributed by atoms with Gasteiger partial charge in [-0.15, -0.1) is 0 Å². The number of amides is 2. The minimum Gasteiger partial charge on any atom is -0.390 e. The van der Waals surface area contributed by atoms with Crippen LogP contribution in [0.3, 0.4) is 0 Å². The van der Waals surface area contributed by atoms with Crippen LogP contribution < -0.4 is 11.1 Å². The van der Waals surface area contributed by atoms with Crippen LogP contribution in [0, 0.1) is 5.92 Å². The molecule has 2 amide bonds. The average Bonchev–Trinajstić information content (AvgIpc) is 2.63. The Hall–Kier alpha value is -1.59. The van der Waals surface area contributed by atoms with Crippen LogP contribution in [0.2, 0.25) is 0 Å². The number of nitrogens with one attached hydrogen (secondary N) is 1. The highest BCUT2D eigenvalue weighted by atomic mass is 16.3. The van der Waals surface area contributed by atoms with Crippen molar-refractivity contribution in [2.75, 3.05) is 13.1 Å². The molecule has 2 aliphatic rings. The van der Waals surface area contributed by atoms with Crippen LogP contribution in [-0.2, 0) is 6.42 Å². The maximum Gasteiger partial charge on any atom is 0.317 e. The Morgan fingerprint density at radius 3 is 2.67 bits per heavy atom. The molecular weight excluding hydrogens is 266 g/mol. The molecule has 5 heteroatoms. The fourth-order valence-corrected chi connectivity index (χ4v) is 3.11. The molecule has 1 aliphatic heterocycles. The highest BCUT2D eigenvalue weighted by molar-refractivity contribution is 5.75. The first kappa shape index (κ1) is 14.4. The van der Waals surface area contributed by atoms with Gasteiger partial charge in [-0.1, -0.05) is 24.3 Å². The Balaban J connectivity index is 1.56. The second kappa shape index (κ2) is 5.00. The van der Waals surface area contributed by atoms with Gasteiger partial charge in [-0.05, 0) is 31.4 Å². The number of likely N-dealkylation sites (tertiary alicyclic amines) is 1. The van der Waals surface area contributed by atoms with Crippen molar-refractivity contribution in [1.29, 1.82) is 0 Å². The second-order valence-corrected chi connectivity index (χ2v) is 6.74. The summed E-state index contributed by atoms with van der Waals surface area (Å²) in [4.78, 5) is 14.0. The topological polar surface area (TPSA) is 78.6 Å². The van der Waals surface area contributed by atoms with E-state index in [1.54, 1.807) is 18.7 Å². The number of urea groups is 1. The highest BCUT2D eigenvalue weighted by Gasteiger charge is 2.41. The quantitative estimate of drug-likeness (QED) is 0.760. The number of carbonyl (C=O) groups is 1. The minimum absolute atomic E-state index is 0.0453. The van der Waals surface area contributed by atoms with Gasteiger partial charge in [0.2, 0.25) is 0 Å². The van der Waals surface area contributed by atoms with Crippen LogP contribution in [-0.4, -0.2) is 40.8 Å². The maximum absolute atomic E-state index is 12.2. The van der Waals surface area contributed by atoms with Crippen molar-refractivity contribution >= 4 is 6.03 Å². The number of benzene rings is 1. The van der Waals surface area contributed by atoms with E-state index in [9.17, 15) is 9.90 Å². The van der Waals surface area contributed by atoms with Crippen molar-refractivity contribution in [3.05, 3.63) is 35.4 Å². The van der Waals surface area contributed by atoms with Crippen LogP contribution in [0.4, 0.5) is 4.79 Å². The van der Waals surface area contributed by atoms with Gasteiger partial charge in [0.15, 0.2) is 0 Å². The molecular formula is C16H23N3O2. The van der Waals surface area contributed by atoms with Gasteiger partial charge in [0.1, 0.15) is 0 Å². The van der Waals surface area contributed by atoms with Gasteiger partial charge in [0.25, 0.3) is 0 Å². The van der Waals surface area contributed by atoms with E-state index in [2.05, 4.69) is 11.4 Å². The Bertz CT molecular complexity index is 547. The van der Waals surface area contributed by atoms with Crippen molar-refractivity contribution in [3.8, 4) is 0 Å². The Morgan fingerprint density at radius 2 is 2.05 bits per heavy atom. The van der Waals surface area contributed by atoms with E-state index in [1.165, 1.54) is 5.56 Å². The maximum atomic E-state index is 12.2. The summed E-state index contributed by atoms with van der Waals surface area (Å²) in [5, 5.41) is 12.9. The third-order valence-electron chi connectivity index (χ3n) is 4.76. The lowest BCUT2D eigenvalue weighted by Crippen LogP contribution is -2.61. The zero-order valence-electron chi connectivity index (χ0n) is 12.5. The van der Waals surface area contributed by atoms with E-state index < -0.39 is 5.60 Å². The Labute approximate surface area is 125 Å². The molecule has 1 aromatic carbocycles.